The largest absolute Gasteiger partial charge is 0.369 e. The van der Waals surface area contributed by atoms with Gasteiger partial charge in [0.1, 0.15) is 0 Å². The second kappa shape index (κ2) is 7.80. The van der Waals surface area contributed by atoms with Crippen molar-refractivity contribution in [1.29, 1.82) is 5.26 Å². The van der Waals surface area contributed by atoms with Crippen LogP contribution < -0.4 is 4.90 Å². The van der Waals surface area contributed by atoms with Crippen molar-refractivity contribution in [1.82, 2.24) is 0 Å². The number of sulfone groups is 1. The normalized spacial score (nSPS) is 10.9. The van der Waals surface area contributed by atoms with E-state index in [4.69, 9.17) is 5.26 Å². The molecule has 0 unspecified atom stereocenters. The molecule has 0 bridgehead atoms. The highest BCUT2D eigenvalue weighted by Crippen LogP contribution is 2.13. The summed E-state index contributed by atoms with van der Waals surface area (Å²) < 4.78 is 23.5. The first-order valence-electron chi connectivity index (χ1n) is 6.46. The standard InChI is InChI=1S/C14H20N2O2S/c1-2-12-19(17,18)13-11-16(10-6-9-15)14-7-4-3-5-8-14/h3-5,7-8H,2,6,10-13H2,1H3. The van der Waals surface area contributed by atoms with Crippen LogP contribution in [0.2, 0.25) is 0 Å². The van der Waals surface area contributed by atoms with E-state index in [1.807, 2.05) is 42.2 Å². The van der Waals surface area contributed by atoms with E-state index in [1.54, 1.807) is 0 Å². The minimum absolute atomic E-state index is 0.140. The first kappa shape index (κ1) is 15.5. The van der Waals surface area contributed by atoms with E-state index in [9.17, 15) is 8.42 Å². The van der Waals surface area contributed by atoms with E-state index in [2.05, 4.69) is 6.07 Å². The number of benzene rings is 1. The molecule has 0 aliphatic heterocycles. The monoisotopic (exact) mass is 280 g/mol. The second-order valence-electron chi connectivity index (χ2n) is 4.38. The predicted octanol–water partition coefficient (Wildman–Crippen LogP) is 2.23. The van der Waals surface area contributed by atoms with Crippen molar-refractivity contribution in [3.05, 3.63) is 30.3 Å². The Morgan fingerprint density at radius 1 is 1.16 bits per heavy atom. The van der Waals surface area contributed by atoms with Crippen LogP contribution in [0.15, 0.2) is 30.3 Å². The number of nitrogens with zero attached hydrogens (tertiary/aromatic N) is 2. The van der Waals surface area contributed by atoms with Crippen molar-refractivity contribution in [3.63, 3.8) is 0 Å². The average molecular weight is 280 g/mol. The summed E-state index contributed by atoms with van der Waals surface area (Å²) in [6.45, 7) is 2.86. The first-order valence-corrected chi connectivity index (χ1v) is 8.28. The topological polar surface area (TPSA) is 61.2 Å². The summed E-state index contributed by atoms with van der Waals surface area (Å²) in [6.07, 6.45) is 1.04. The molecular formula is C14H20N2O2S. The zero-order valence-electron chi connectivity index (χ0n) is 11.2. The Hall–Kier alpha value is -1.54. The zero-order chi connectivity index (χ0) is 14.1. The van der Waals surface area contributed by atoms with E-state index >= 15 is 0 Å². The third-order valence-corrected chi connectivity index (χ3v) is 4.64. The highest BCUT2D eigenvalue weighted by molar-refractivity contribution is 7.91. The van der Waals surface area contributed by atoms with Crippen LogP contribution in [-0.2, 0) is 9.84 Å². The van der Waals surface area contributed by atoms with Crippen LogP contribution in [0.1, 0.15) is 19.8 Å². The number of hydrogen-bond acceptors (Lipinski definition) is 4. The van der Waals surface area contributed by atoms with Gasteiger partial charge in [-0.05, 0) is 18.6 Å². The summed E-state index contributed by atoms with van der Waals surface area (Å²) in [4.78, 5) is 1.95. The van der Waals surface area contributed by atoms with Gasteiger partial charge in [0.2, 0.25) is 0 Å². The third-order valence-electron chi connectivity index (χ3n) is 2.80. The molecule has 1 aromatic carbocycles. The van der Waals surface area contributed by atoms with E-state index in [0.717, 1.165) is 5.69 Å². The SMILES string of the molecule is CCCS(=O)(=O)CCN(CCC#N)c1ccccc1. The molecule has 1 aromatic rings. The number of anilines is 1. The summed E-state index contributed by atoms with van der Waals surface area (Å²) in [6, 6.07) is 11.7. The molecule has 1 rings (SSSR count). The molecule has 0 atom stereocenters. The lowest BCUT2D eigenvalue weighted by Crippen LogP contribution is -2.30. The Kier molecular flexibility index (Phi) is 6.37. The van der Waals surface area contributed by atoms with Crippen molar-refractivity contribution < 1.29 is 8.42 Å². The lowest BCUT2D eigenvalue weighted by Gasteiger charge is -2.23. The Labute approximate surface area is 115 Å². The smallest absolute Gasteiger partial charge is 0.152 e. The molecule has 0 spiro atoms. The highest BCUT2D eigenvalue weighted by Gasteiger charge is 2.13. The molecule has 5 heteroatoms. The van der Waals surface area contributed by atoms with Crippen molar-refractivity contribution in [2.45, 2.75) is 19.8 Å². The Morgan fingerprint density at radius 3 is 2.42 bits per heavy atom. The summed E-state index contributed by atoms with van der Waals surface area (Å²) in [7, 11) is -2.98. The summed E-state index contributed by atoms with van der Waals surface area (Å²) in [5, 5.41) is 8.68. The number of rotatable bonds is 8. The van der Waals surface area contributed by atoms with Crippen LogP contribution in [0.5, 0.6) is 0 Å². The van der Waals surface area contributed by atoms with E-state index in [1.165, 1.54) is 0 Å². The Morgan fingerprint density at radius 2 is 1.84 bits per heavy atom. The van der Waals surface area contributed by atoms with Crippen molar-refractivity contribution in [2.24, 2.45) is 0 Å². The maximum atomic E-state index is 11.7. The van der Waals surface area contributed by atoms with Gasteiger partial charge in [-0.1, -0.05) is 25.1 Å². The fourth-order valence-electron chi connectivity index (χ4n) is 1.86. The number of para-hydroxylation sites is 1. The van der Waals surface area contributed by atoms with Crippen molar-refractivity contribution in [2.75, 3.05) is 29.5 Å². The first-order chi connectivity index (χ1) is 9.09. The molecule has 0 radical (unpaired) electrons. The number of hydrogen-bond donors (Lipinski definition) is 0. The van der Waals surface area contributed by atoms with Crippen molar-refractivity contribution in [3.8, 4) is 6.07 Å². The van der Waals surface area contributed by atoms with Gasteiger partial charge in [-0.3, -0.25) is 0 Å². The van der Waals surface area contributed by atoms with Gasteiger partial charge in [-0.15, -0.1) is 0 Å². The fourth-order valence-corrected chi connectivity index (χ4v) is 3.18. The third kappa shape index (κ3) is 5.75. The average Bonchev–Trinajstić information content (AvgIpc) is 2.40. The molecule has 0 fully saturated rings. The van der Waals surface area contributed by atoms with Crippen LogP contribution in [0.25, 0.3) is 0 Å². The molecule has 0 aliphatic rings. The molecule has 0 aromatic heterocycles. The second-order valence-corrected chi connectivity index (χ2v) is 6.69. The molecular weight excluding hydrogens is 260 g/mol. The van der Waals surface area contributed by atoms with Gasteiger partial charge in [0.05, 0.1) is 18.2 Å². The zero-order valence-corrected chi connectivity index (χ0v) is 12.1. The molecule has 0 heterocycles. The molecule has 4 nitrogen and oxygen atoms in total. The van der Waals surface area contributed by atoms with Gasteiger partial charge in [-0.2, -0.15) is 5.26 Å². The van der Waals surface area contributed by atoms with Gasteiger partial charge in [0.15, 0.2) is 9.84 Å². The Bertz CT molecular complexity index is 506. The van der Waals surface area contributed by atoms with Crippen LogP contribution in [0.4, 0.5) is 5.69 Å². The van der Waals surface area contributed by atoms with E-state index in [-0.39, 0.29) is 11.5 Å². The molecule has 0 amide bonds. The minimum atomic E-state index is -2.98. The van der Waals surface area contributed by atoms with E-state index in [0.29, 0.717) is 25.9 Å². The van der Waals surface area contributed by atoms with Crippen LogP contribution in [0, 0.1) is 11.3 Å². The lowest BCUT2D eigenvalue weighted by molar-refractivity contribution is 0.593. The molecule has 19 heavy (non-hydrogen) atoms. The molecule has 0 saturated heterocycles. The van der Waals surface area contributed by atoms with Gasteiger partial charge < -0.3 is 4.90 Å². The van der Waals surface area contributed by atoms with Gasteiger partial charge in [-0.25, -0.2) is 8.42 Å². The summed E-state index contributed by atoms with van der Waals surface area (Å²) in [5.74, 6) is 0.370. The van der Waals surface area contributed by atoms with Crippen molar-refractivity contribution >= 4 is 15.5 Å². The Balaban J connectivity index is 2.69. The minimum Gasteiger partial charge on any atom is -0.369 e. The van der Waals surface area contributed by atoms with Crippen LogP contribution >= 0.6 is 0 Å². The van der Waals surface area contributed by atoms with Gasteiger partial charge in [0, 0.05) is 24.5 Å². The molecule has 0 saturated carbocycles. The highest BCUT2D eigenvalue weighted by atomic mass is 32.2. The van der Waals surface area contributed by atoms with Crippen LogP contribution in [-0.4, -0.2) is 33.0 Å². The maximum Gasteiger partial charge on any atom is 0.152 e. The molecule has 0 N–H and O–H groups in total. The van der Waals surface area contributed by atoms with Gasteiger partial charge >= 0.3 is 0 Å². The predicted molar refractivity (Wildman–Crippen MR) is 77.8 cm³/mol. The molecule has 0 aliphatic carbocycles. The lowest BCUT2D eigenvalue weighted by atomic mass is 10.2. The summed E-state index contributed by atoms with van der Waals surface area (Å²) >= 11 is 0. The van der Waals surface area contributed by atoms with Gasteiger partial charge in [0.25, 0.3) is 0 Å². The quantitative estimate of drug-likeness (QED) is 0.732. The van der Waals surface area contributed by atoms with Crippen LogP contribution in [0.3, 0.4) is 0 Å². The molecule has 104 valence electrons. The number of nitriles is 1. The van der Waals surface area contributed by atoms with E-state index < -0.39 is 9.84 Å². The fraction of sp³-hybridized carbons (Fsp3) is 0.500. The summed E-state index contributed by atoms with van der Waals surface area (Å²) in [5.41, 5.74) is 0.962. The maximum absolute atomic E-state index is 11.7.